The molecule has 0 radical (unpaired) electrons. The van der Waals surface area contributed by atoms with Gasteiger partial charge in [-0.1, -0.05) is 0 Å². The van der Waals surface area contributed by atoms with E-state index in [1.54, 1.807) is 0 Å². The second-order valence-corrected chi connectivity index (χ2v) is 17.6. The molecule has 0 aromatic heterocycles. The Morgan fingerprint density at radius 3 is 1.05 bits per heavy atom. The van der Waals surface area contributed by atoms with E-state index in [-0.39, 0.29) is 0 Å². The zero-order valence-electron chi connectivity index (χ0n) is 13.5. The molecule has 3 heteroatoms. The number of hydrogen-bond donors (Lipinski definition) is 0. The van der Waals surface area contributed by atoms with Gasteiger partial charge in [0.25, 0.3) is 0 Å². The number of hydrogen-bond acceptors (Lipinski definition) is 1. The molecule has 3 aliphatic rings. The third-order valence-corrected chi connectivity index (χ3v) is 20.4. The summed E-state index contributed by atoms with van der Waals surface area (Å²) in [7, 11) is 0. The Balaban J connectivity index is 1.87. The van der Waals surface area contributed by atoms with Gasteiger partial charge in [0.2, 0.25) is 0 Å². The van der Waals surface area contributed by atoms with Crippen LogP contribution >= 0.6 is 6.65 Å². The maximum absolute atomic E-state index is 12.7. The van der Waals surface area contributed by atoms with Crippen LogP contribution in [0.15, 0.2) is 0 Å². The molecule has 1 nitrogen and oxygen atoms in total. The standard InChI is InChI=1S/3C6H11.OP.Pd/c3*1-2-4-6-5-3-1;1-2;/h3*1H,2-6H2;;/q;;;-1;+1. The molecule has 0 N–H and O–H groups in total. The zero-order chi connectivity index (χ0) is 14.5. The predicted octanol–water partition coefficient (Wildman–Crippen LogP) is 7.60. The van der Waals surface area contributed by atoms with E-state index in [4.69, 9.17) is 0 Å². The van der Waals surface area contributed by atoms with E-state index in [9.17, 15) is 4.57 Å². The molecule has 21 heavy (non-hydrogen) atoms. The van der Waals surface area contributed by atoms with E-state index >= 15 is 0 Å². The second kappa shape index (κ2) is 8.04. The van der Waals surface area contributed by atoms with E-state index in [2.05, 4.69) is 0 Å². The molecule has 0 aromatic carbocycles. The van der Waals surface area contributed by atoms with Crippen LogP contribution in [0.25, 0.3) is 0 Å². The maximum atomic E-state index is 12.7. The van der Waals surface area contributed by atoms with Crippen molar-refractivity contribution in [3.63, 3.8) is 0 Å². The van der Waals surface area contributed by atoms with Gasteiger partial charge < -0.3 is 0 Å². The van der Waals surface area contributed by atoms with E-state index in [0.29, 0.717) is 6.65 Å². The van der Waals surface area contributed by atoms with Gasteiger partial charge in [0.05, 0.1) is 0 Å². The first kappa shape index (κ1) is 16.6. The first-order chi connectivity index (χ1) is 10.4. The summed E-state index contributed by atoms with van der Waals surface area (Å²) in [6, 6.07) is 0. The molecule has 0 atom stereocenters. The van der Waals surface area contributed by atoms with Gasteiger partial charge in [0.15, 0.2) is 0 Å². The van der Waals surface area contributed by atoms with Crippen LogP contribution in [0.4, 0.5) is 0 Å². The number of rotatable bonds is 4. The van der Waals surface area contributed by atoms with Crippen molar-refractivity contribution in [1.29, 1.82) is 0 Å². The normalized spacial score (nSPS) is 28.8. The van der Waals surface area contributed by atoms with Crippen molar-refractivity contribution in [3.05, 3.63) is 0 Å². The van der Waals surface area contributed by atoms with E-state index < -0.39 is 15.0 Å². The molecule has 0 amide bonds. The topological polar surface area (TPSA) is 17.1 Å². The molecule has 3 saturated carbocycles. The summed E-state index contributed by atoms with van der Waals surface area (Å²) < 4.78 is 15.4. The van der Waals surface area contributed by atoms with Crippen molar-refractivity contribution < 1.29 is 19.6 Å². The van der Waals surface area contributed by atoms with Crippen LogP contribution in [0.3, 0.4) is 0 Å². The molecule has 0 bridgehead atoms. The quantitative estimate of drug-likeness (QED) is 0.349. The summed E-state index contributed by atoms with van der Waals surface area (Å²) >= 11 is -1.80. The molecule has 0 aliphatic heterocycles. The van der Waals surface area contributed by atoms with Gasteiger partial charge in [0.1, 0.15) is 0 Å². The average Bonchev–Trinajstić information content (AvgIpc) is 2.59. The average molecular weight is 403 g/mol. The minimum atomic E-state index is -1.80. The Morgan fingerprint density at radius 1 is 0.524 bits per heavy atom. The van der Waals surface area contributed by atoms with Gasteiger partial charge in [-0.2, -0.15) is 0 Å². The molecule has 0 aromatic rings. The molecule has 3 fully saturated rings. The van der Waals surface area contributed by atoms with E-state index in [1.807, 2.05) is 0 Å². The van der Waals surface area contributed by atoms with Crippen LogP contribution in [0.2, 0.25) is 13.2 Å². The predicted molar refractivity (Wildman–Crippen MR) is 88.1 cm³/mol. The van der Waals surface area contributed by atoms with E-state index in [1.165, 1.54) is 96.3 Å². The molecule has 0 saturated heterocycles. The summed E-state index contributed by atoms with van der Waals surface area (Å²) in [6.07, 6.45) is 21.5. The third-order valence-electron chi connectivity index (χ3n) is 5.84. The molecule has 0 spiro atoms. The van der Waals surface area contributed by atoms with Gasteiger partial charge in [-0.05, 0) is 0 Å². The fraction of sp³-hybridized carbons (Fsp3) is 1.00. The Labute approximate surface area is 135 Å². The second-order valence-electron chi connectivity index (χ2n) is 7.17. The van der Waals surface area contributed by atoms with Crippen molar-refractivity contribution in [1.82, 2.24) is 0 Å². The first-order valence-electron chi connectivity index (χ1n) is 9.32. The Bertz CT molecular complexity index is 283. The Morgan fingerprint density at radius 2 is 0.810 bits per heavy atom. The molecular formula is C18H33OPPd. The SMILES string of the molecule is O=[P][Pd]([CH]1CCCCC1)([CH]1CCCCC1)[CH]1CCCCC1. The van der Waals surface area contributed by atoms with Gasteiger partial charge in [-0.15, -0.1) is 0 Å². The third kappa shape index (κ3) is 3.49. The molecule has 126 valence electrons. The van der Waals surface area contributed by atoms with Crippen molar-refractivity contribution in [2.75, 3.05) is 0 Å². The van der Waals surface area contributed by atoms with E-state index in [0.717, 1.165) is 13.2 Å². The first-order valence-corrected chi connectivity index (χ1v) is 14.7. The van der Waals surface area contributed by atoms with Gasteiger partial charge in [-0.25, -0.2) is 0 Å². The minimum absolute atomic E-state index is 0.674. The molecule has 0 unspecified atom stereocenters. The molecule has 3 aliphatic carbocycles. The molecular weight excluding hydrogens is 370 g/mol. The van der Waals surface area contributed by atoms with Crippen LogP contribution in [0.5, 0.6) is 0 Å². The van der Waals surface area contributed by atoms with Crippen molar-refractivity contribution in [3.8, 4) is 0 Å². The van der Waals surface area contributed by atoms with Gasteiger partial charge >= 0.3 is 136 Å². The van der Waals surface area contributed by atoms with Gasteiger partial charge in [-0.3, -0.25) is 0 Å². The zero-order valence-corrected chi connectivity index (χ0v) is 16.0. The summed E-state index contributed by atoms with van der Waals surface area (Å²) in [6.45, 7) is 0.674. The Kier molecular flexibility index (Phi) is 6.36. The van der Waals surface area contributed by atoms with Crippen LogP contribution in [-0.4, -0.2) is 0 Å². The summed E-state index contributed by atoms with van der Waals surface area (Å²) in [5.41, 5.74) is 0. The fourth-order valence-electron chi connectivity index (χ4n) is 4.73. The Hall–Kier alpha value is 0.762. The molecule has 3 rings (SSSR count). The molecule has 0 heterocycles. The van der Waals surface area contributed by atoms with Crippen LogP contribution < -0.4 is 0 Å². The monoisotopic (exact) mass is 402 g/mol. The van der Waals surface area contributed by atoms with Crippen LogP contribution in [0.1, 0.15) is 96.3 Å². The van der Waals surface area contributed by atoms with Crippen LogP contribution in [-0.2, 0) is 19.6 Å². The van der Waals surface area contributed by atoms with Gasteiger partial charge in [0, 0.05) is 0 Å². The fourth-order valence-corrected chi connectivity index (χ4v) is 19.3. The van der Waals surface area contributed by atoms with Crippen molar-refractivity contribution in [2.24, 2.45) is 0 Å². The summed E-state index contributed by atoms with van der Waals surface area (Å²) in [4.78, 5) is 0. The summed E-state index contributed by atoms with van der Waals surface area (Å²) in [5.74, 6) is 0. The van der Waals surface area contributed by atoms with Crippen LogP contribution in [0, 0.1) is 0 Å². The summed E-state index contributed by atoms with van der Waals surface area (Å²) in [5, 5.41) is 0. The van der Waals surface area contributed by atoms with Crippen molar-refractivity contribution >= 4 is 6.65 Å². The van der Waals surface area contributed by atoms with Crippen molar-refractivity contribution in [2.45, 2.75) is 109 Å².